The van der Waals surface area contributed by atoms with Gasteiger partial charge >= 0.3 is 0 Å². The van der Waals surface area contributed by atoms with E-state index >= 15 is 0 Å². The van der Waals surface area contributed by atoms with E-state index in [1.165, 1.54) is 18.4 Å². The van der Waals surface area contributed by atoms with Crippen molar-refractivity contribution in [2.75, 3.05) is 6.61 Å². The molecule has 1 saturated carbocycles. The van der Waals surface area contributed by atoms with Crippen LogP contribution >= 0.6 is 11.6 Å². The van der Waals surface area contributed by atoms with Crippen LogP contribution in [0.2, 0.25) is 5.02 Å². The Morgan fingerprint density at radius 2 is 2.20 bits per heavy atom. The molecule has 0 bridgehead atoms. The van der Waals surface area contributed by atoms with E-state index in [1.54, 1.807) is 0 Å². The topological polar surface area (TPSA) is 46.2 Å². The van der Waals surface area contributed by atoms with Crippen LogP contribution in [0.4, 0.5) is 0 Å². The number of hydrogen-bond donors (Lipinski definition) is 2. The highest BCUT2D eigenvalue weighted by Gasteiger charge is 2.25. The van der Waals surface area contributed by atoms with E-state index in [0.29, 0.717) is 12.3 Å². The summed E-state index contributed by atoms with van der Waals surface area (Å²) >= 11 is 6.19. The zero-order valence-electron chi connectivity index (χ0n) is 8.62. The first kappa shape index (κ1) is 10.9. The largest absolute Gasteiger partial charge is 0.396 e. The summed E-state index contributed by atoms with van der Waals surface area (Å²) in [5.41, 5.74) is 8.16. The second kappa shape index (κ2) is 4.52. The molecule has 2 nitrogen and oxygen atoms in total. The molecule has 15 heavy (non-hydrogen) atoms. The van der Waals surface area contributed by atoms with Gasteiger partial charge in [-0.3, -0.25) is 0 Å². The van der Waals surface area contributed by atoms with Gasteiger partial charge in [0.2, 0.25) is 0 Å². The third-order valence-electron chi connectivity index (χ3n) is 2.91. The molecule has 0 heterocycles. The second-order valence-corrected chi connectivity index (χ2v) is 4.58. The zero-order chi connectivity index (χ0) is 10.8. The number of hydrogen-bond acceptors (Lipinski definition) is 2. The van der Waals surface area contributed by atoms with Gasteiger partial charge < -0.3 is 10.8 Å². The lowest BCUT2D eigenvalue weighted by Crippen LogP contribution is -2.11. The van der Waals surface area contributed by atoms with E-state index < -0.39 is 0 Å². The second-order valence-electron chi connectivity index (χ2n) is 4.17. The Bertz CT molecular complexity index is 349. The first-order valence-electron chi connectivity index (χ1n) is 5.38. The smallest absolute Gasteiger partial charge is 0.0449 e. The molecule has 0 aliphatic heterocycles. The Hall–Kier alpha value is -0.570. The van der Waals surface area contributed by atoms with E-state index in [9.17, 15) is 0 Å². The van der Waals surface area contributed by atoms with Gasteiger partial charge in [-0.25, -0.2) is 0 Å². The predicted octanol–water partition coefficient (Wildman–Crippen LogP) is 2.60. The van der Waals surface area contributed by atoms with E-state index in [2.05, 4.69) is 6.07 Å². The van der Waals surface area contributed by atoms with E-state index in [1.807, 2.05) is 12.1 Å². The molecule has 1 aliphatic carbocycles. The van der Waals surface area contributed by atoms with Gasteiger partial charge in [-0.1, -0.05) is 23.7 Å². The minimum Gasteiger partial charge on any atom is -0.396 e. The highest BCUT2D eigenvalue weighted by molar-refractivity contribution is 6.31. The van der Waals surface area contributed by atoms with Crippen molar-refractivity contribution in [2.24, 2.45) is 5.73 Å². The van der Waals surface area contributed by atoms with Crippen molar-refractivity contribution in [3.63, 3.8) is 0 Å². The highest BCUT2D eigenvalue weighted by Crippen LogP contribution is 2.43. The maximum absolute atomic E-state index is 8.81. The van der Waals surface area contributed by atoms with Crippen molar-refractivity contribution in [1.29, 1.82) is 0 Å². The molecule has 82 valence electrons. The molecule has 0 aromatic heterocycles. The van der Waals surface area contributed by atoms with Crippen LogP contribution in [0.15, 0.2) is 18.2 Å². The molecule has 3 N–H and O–H groups in total. The molecule has 0 spiro atoms. The van der Waals surface area contributed by atoms with Gasteiger partial charge in [0.1, 0.15) is 0 Å². The van der Waals surface area contributed by atoms with Gasteiger partial charge in [0.15, 0.2) is 0 Å². The van der Waals surface area contributed by atoms with E-state index in [4.69, 9.17) is 22.4 Å². The SMILES string of the molecule is NC(CCO)c1ccc(C2CC2)c(Cl)c1. The molecule has 1 aromatic rings. The normalized spacial score (nSPS) is 17.8. The summed E-state index contributed by atoms with van der Waals surface area (Å²) in [6.45, 7) is 0.114. The van der Waals surface area contributed by atoms with Crippen molar-refractivity contribution in [1.82, 2.24) is 0 Å². The zero-order valence-corrected chi connectivity index (χ0v) is 9.37. The quantitative estimate of drug-likeness (QED) is 0.828. The number of nitrogens with two attached hydrogens (primary N) is 1. The lowest BCUT2D eigenvalue weighted by atomic mass is 10.0. The molecule has 1 unspecified atom stereocenters. The molecule has 1 fully saturated rings. The minimum atomic E-state index is -0.110. The standard InChI is InChI=1S/C12H16ClNO/c13-11-7-9(12(14)5-6-15)3-4-10(11)8-1-2-8/h3-4,7-8,12,15H,1-2,5-6,14H2. The van der Waals surface area contributed by atoms with Crippen LogP contribution in [0.5, 0.6) is 0 Å². The molecule has 1 aliphatic rings. The van der Waals surface area contributed by atoms with Crippen LogP contribution in [0.25, 0.3) is 0 Å². The molecule has 1 atom stereocenters. The Balaban J connectivity index is 2.16. The number of benzene rings is 1. The van der Waals surface area contributed by atoms with Gasteiger partial charge in [0.05, 0.1) is 0 Å². The van der Waals surface area contributed by atoms with Crippen LogP contribution in [0.3, 0.4) is 0 Å². The third kappa shape index (κ3) is 2.51. The van der Waals surface area contributed by atoms with Crippen LogP contribution in [0, 0.1) is 0 Å². The summed E-state index contributed by atoms with van der Waals surface area (Å²) in [5, 5.41) is 9.63. The Labute approximate surface area is 95.1 Å². The number of aliphatic hydroxyl groups is 1. The summed E-state index contributed by atoms with van der Waals surface area (Å²) in [6.07, 6.45) is 3.09. The fourth-order valence-electron chi connectivity index (χ4n) is 1.81. The van der Waals surface area contributed by atoms with Crippen molar-refractivity contribution in [3.05, 3.63) is 34.3 Å². The molecule has 2 rings (SSSR count). The highest BCUT2D eigenvalue weighted by atomic mass is 35.5. The Morgan fingerprint density at radius 1 is 1.47 bits per heavy atom. The third-order valence-corrected chi connectivity index (χ3v) is 3.24. The van der Waals surface area contributed by atoms with Crippen molar-refractivity contribution in [3.8, 4) is 0 Å². The molecule has 0 saturated heterocycles. The van der Waals surface area contributed by atoms with Gasteiger partial charge in [0.25, 0.3) is 0 Å². The van der Waals surface area contributed by atoms with Gasteiger partial charge in [0, 0.05) is 17.7 Å². The molecule has 0 amide bonds. The van der Waals surface area contributed by atoms with E-state index in [0.717, 1.165) is 10.6 Å². The van der Waals surface area contributed by atoms with Crippen molar-refractivity contribution >= 4 is 11.6 Å². The summed E-state index contributed by atoms with van der Waals surface area (Å²) in [6, 6.07) is 5.93. The Morgan fingerprint density at radius 3 is 2.73 bits per heavy atom. The number of rotatable bonds is 4. The monoisotopic (exact) mass is 225 g/mol. The average molecular weight is 226 g/mol. The van der Waals surface area contributed by atoms with E-state index in [-0.39, 0.29) is 12.6 Å². The lowest BCUT2D eigenvalue weighted by Gasteiger charge is -2.12. The summed E-state index contributed by atoms with van der Waals surface area (Å²) in [5.74, 6) is 0.667. The number of halogens is 1. The van der Waals surface area contributed by atoms with Gasteiger partial charge in [-0.05, 0) is 42.4 Å². The van der Waals surface area contributed by atoms with Gasteiger partial charge in [-0.15, -0.1) is 0 Å². The lowest BCUT2D eigenvalue weighted by molar-refractivity contribution is 0.276. The van der Waals surface area contributed by atoms with Crippen LogP contribution < -0.4 is 5.73 Å². The maximum Gasteiger partial charge on any atom is 0.0449 e. The summed E-state index contributed by atoms with van der Waals surface area (Å²) in [4.78, 5) is 0. The molecule has 3 heteroatoms. The summed E-state index contributed by atoms with van der Waals surface area (Å²) in [7, 11) is 0. The fraction of sp³-hybridized carbons (Fsp3) is 0.500. The average Bonchev–Trinajstić information content (AvgIpc) is 3.01. The first-order chi connectivity index (χ1) is 7.22. The van der Waals surface area contributed by atoms with Gasteiger partial charge in [-0.2, -0.15) is 0 Å². The molecular weight excluding hydrogens is 210 g/mol. The molecule has 1 aromatic carbocycles. The van der Waals surface area contributed by atoms with Crippen LogP contribution in [-0.2, 0) is 0 Å². The minimum absolute atomic E-state index is 0.110. The van der Waals surface area contributed by atoms with Crippen molar-refractivity contribution < 1.29 is 5.11 Å². The first-order valence-corrected chi connectivity index (χ1v) is 5.76. The predicted molar refractivity (Wildman–Crippen MR) is 62.1 cm³/mol. The fourth-order valence-corrected chi connectivity index (χ4v) is 2.15. The summed E-state index contributed by atoms with van der Waals surface area (Å²) < 4.78 is 0. The van der Waals surface area contributed by atoms with Crippen LogP contribution in [-0.4, -0.2) is 11.7 Å². The Kier molecular flexibility index (Phi) is 3.29. The molecule has 0 radical (unpaired) electrons. The number of aliphatic hydroxyl groups excluding tert-OH is 1. The van der Waals surface area contributed by atoms with Crippen LogP contribution in [0.1, 0.15) is 42.3 Å². The van der Waals surface area contributed by atoms with Crippen molar-refractivity contribution in [2.45, 2.75) is 31.2 Å². The maximum atomic E-state index is 8.81. The molecular formula is C12H16ClNO.